The minimum Gasteiger partial charge on any atom is -0.380 e. The molecule has 3 fully saturated rings. The fourth-order valence-corrected chi connectivity index (χ4v) is 4.57. The second-order valence-corrected chi connectivity index (χ2v) is 7.99. The van der Waals surface area contributed by atoms with Crippen molar-refractivity contribution in [3.8, 4) is 0 Å². The van der Waals surface area contributed by atoms with E-state index >= 15 is 0 Å². The highest BCUT2D eigenvalue weighted by molar-refractivity contribution is 6.09. The third-order valence-electron chi connectivity index (χ3n) is 5.96. The van der Waals surface area contributed by atoms with Crippen LogP contribution >= 0.6 is 0 Å². The van der Waals surface area contributed by atoms with E-state index in [0.29, 0.717) is 38.4 Å². The third kappa shape index (κ3) is 2.98. The van der Waals surface area contributed by atoms with Crippen LogP contribution in [-0.4, -0.2) is 52.7 Å². The molecule has 1 aromatic carbocycles. The number of amides is 2. The maximum atomic E-state index is 13.5. The van der Waals surface area contributed by atoms with E-state index in [2.05, 4.69) is 11.6 Å². The Hall–Kier alpha value is -2.73. The number of piperazine rings is 1. The minimum absolute atomic E-state index is 0.0220. The second-order valence-electron chi connectivity index (χ2n) is 7.99. The molecular formula is C22H25N3O3. The molecule has 0 N–H and O–H groups in total. The molecule has 0 atom stereocenters. The molecule has 6 heteroatoms. The van der Waals surface area contributed by atoms with Crippen LogP contribution in [0, 0.1) is 5.41 Å². The van der Waals surface area contributed by atoms with Gasteiger partial charge in [-0.1, -0.05) is 43.0 Å². The van der Waals surface area contributed by atoms with Crippen LogP contribution in [0.5, 0.6) is 0 Å². The molecule has 0 aromatic heterocycles. The summed E-state index contributed by atoms with van der Waals surface area (Å²) in [6, 6.07) is 9.84. The largest absolute Gasteiger partial charge is 0.380 e. The first-order chi connectivity index (χ1) is 13.5. The molecule has 4 rings (SSSR count). The van der Waals surface area contributed by atoms with Gasteiger partial charge >= 0.3 is 0 Å². The zero-order valence-electron chi connectivity index (χ0n) is 16.1. The van der Waals surface area contributed by atoms with E-state index in [1.807, 2.05) is 30.3 Å². The van der Waals surface area contributed by atoms with Crippen LogP contribution in [0.25, 0.3) is 0 Å². The molecule has 1 aliphatic carbocycles. The highest BCUT2D eigenvalue weighted by Crippen LogP contribution is 2.57. The Morgan fingerprint density at radius 1 is 1.25 bits per heavy atom. The van der Waals surface area contributed by atoms with Gasteiger partial charge in [0, 0.05) is 18.2 Å². The molecular weight excluding hydrogens is 354 g/mol. The van der Waals surface area contributed by atoms with Crippen molar-refractivity contribution in [2.75, 3.05) is 19.8 Å². The fraction of sp³-hybridized carbons (Fsp3) is 0.409. The van der Waals surface area contributed by atoms with E-state index < -0.39 is 5.54 Å². The molecule has 28 heavy (non-hydrogen) atoms. The van der Waals surface area contributed by atoms with E-state index in [9.17, 15) is 9.59 Å². The summed E-state index contributed by atoms with van der Waals surface area (Å²) < 4.78 is 5.40. The number of ether oxygens (including phenoxy) is 1. The number of rotatable bonds is 4. The number of aliphatic imine (C=N–C) groups is 1. The lowest BCUT2D eigenvalue weighted by atomic mass is 9.54. The van der Waals surface area contributed by atoms with Crippen LogP contribution in [0.4, 0.5) is 0 Å². The monoisotopic (exact) mass is 379 g/mol. The molecule has 6 nitrogen and oxygen atoms in total. The number of hydrogen-bond donors (Lipinski definition) is 0. The molecule has 3 aliphatic rings. The summed E-state index contributed by atoms with van der Waals surface area (Å²) in [6.07, 6.45) is 6.22. The van der Waals surface area contributed by atoms with Crippen LogP contribution in [0.1, 0.15) is 25.3 Å². The Kier molecular flexibility index (Phi) is 4.67. The normalized spacial score (nSPS) is 23.2. The van der Waals surface area contributed by atoms with Crippen LogP contribution in [0.15, 0.2) is 60.3 Å². The Morgan fingerprint density at radius 3 is 2.57 bits per heavy atom. The SMILES string of the molecule is C=C/C=C\N=C(/C)N1CC(=O)N(Cc2ccccc2)C2(CC3(COC3)C2)C1=O. The zero-order valence-corrected chi connectivity index (χ0v) is 16.1. The summed E-state index contributed by atoms with van der Waals surface area (Å²) in [5.41, 5.74) is 0.275. The first-order valence-corrected chi connectivity index (χ1v) is 9.56. The van der Waals surface area contributed by atoms with Gasteiger partial charge in [0.05, 0.1) is 13.2 Å². The summed E-state index contributed by atoms with van der Waals surface area (Å²) in [6.45, 7) is 7.19. The molecule has 0 radical (unpaired) electrons. The fourth-order valence-electron chi connectivity index (χ4n) is 4.57. The molecule has 2 heterocycles. The van der Waals surface area contributed by atoms with Crippen LogP contribution < -0.4 is 0 Å². The van der Waals surface area contributed by atoms with Crippen molar-refractivity contribution >= 4 is 17.6 Å². The van der Waals surface area contributed by atoms with Crippen molar-refractivity contribution in [2.45, 2.75) is 31.8 Å². The minimum atomic E-state index is -0.798. The summed E-state index contributed by atoms with van der Waals surface area (Å²) in [5, 5.41) is 0. The lowest BCUT2D eigenvalue weighted by molar-refractivity contribution is -0.227. The van der Waals surface area contributed by atoms with Gasteiger partial charge in [-0.3, -0.25) is 14.5 Å². The summed E-state index contributed by atoms with van der Waals surface area (Å²) in [5.74, 6) is 0.454. The van der Waals surface area contributed by atoms with Crippen molar-refractivity contribution < 1.29 is 14.3 Å². The molecule has 1 aromatic rings. The van der Waals surface area contributed by atoms with E-state index in [4.69, 9.17) is 4.74 Å². The van der Waals surface area contributed by atoms with Gasteiger partial charge in [-0.25, -0.2) is 4.99 Å². The first-order valence-electron chi connectivity index (χ1n) is 9.56. The number of benzene rings is 1. The number of nitrogens with zero attached hydrogens (tertiary/aromatic N) is 3. The van der Waals surface area contributed by atoms with Gasteiger partial charge in [0.1, 0.15) is 17.9 Å². The summed E-state index contributed by atoms with van der Waals surface area (Å²) in [4.78, 5) is 34.3. The maximum absolute atomic E-state index is 13.5. The Balaban J connectivity index is 1.64. The Labute approximate surface area is 165 Å². The van der Waals surface area contributed by atoms with E-state index in [0.717, 1.165) is 5.56 Å². The quantitative estimate of drug-likeness (QED) is 0.459. The van der Waals surface area contributed by atoms with Crippen molar-refractivity contribution in [1.29, 1.82) is 0 Å². The van der Waals surface area contributed by atoms with Crippen LogP contribution in [0.2, 0.25) is 0 Å². The van der Waals surface area contributed by atoms with Crippen molar-refractivity contribution in [2.24, 2.45) is 10.4 Å². The van der Waals surface area contributed by atoms with Gasteiger partial charge < -0.3 is 9.64 Å². The van der Waals surface area contributed by atoms with E-state index in [1.54, 1.807) is 30.2 Å². The number of carbonyl (C=O) groups excluding carboxylic acids is 2. The molecule has 146 valence electrons. The average molecular weight is 379 g/mol. The Morgan fingerprint density at radius 2 is 1.96 bits per heavy atom. The summed E-state index contributed by atoms with van der Waals surface area (Å²) >= 11 is 0. The average Bonchev–Trinajstić information content (AvgIpc) is 2.63. The Bertz CT molecular complexity index is 847. The highest BCUT2D eigenvalue weighted by Gasteiger charge is 2.68. The second kappa shape index (κ2) is 7.02. The van der Waals surface area contributed by atoms with Crippen molar-refractivity contribution in [3.05, 3.63) is 60.8 Å². The first kappa shape index (κ1) is 18.6. The number of amidine groups is 1. The topological polar surface area (TPSA) is 62.2 Å². The number of carbonyl (C=O) groups is 2. The molecule has 2 aliphatic heterocycles. The third-order valence-corrected chi connectivity index (χ3v) is 5.96. The van der Waals surface area contributed by atoms with E-state index in [1.165, 1.54) is 4.90 Å². The smallest absolute Gasteiger partial charge is 0.254 e. The van der Waals surface area contributed by atoms with Gasteiger partial charge in [0.25, 0.3) is 5.91 Å². The maximum Gasteiger partial charge on any atom is 0.254 e. The highest BCUT2D eigenvalue weighted by atomic mass is 16.5. The van der Waals surface area contributed by atoms with Gasteiger partial charge in [0.2, 0.25) is 5.91 Å². The van der Waals surface area contributed by atoms with Gasteiger partial charge in [-0.05, 0) is 31.4 Å². The molecule has 1 saturated carbocycles. The molecule has 0 unspecified atom stereocenters. The predicted octanol–water partition coefficient (Wildman–Crippen LogP) is 2.52. The molecule has 0 bridgehead atoms. The zero-order chi connectivity index (χ0) is 19.8. The number of hydrogen-bond acceptors (Lipinski definition) is 4. The van der Waals surface area contributed by atoms with E-state index in [-0.39, 0.29) is 23.8 Å². The van der Waals surface area contributed by atoms with Gasteiger partial charge in [-0.15, -0.1) is 0 Å². The number of allylic oxidation sites excluding steroid dienone is 2. The molecule has 2 amide bonds. The van der Waals surface area contributed by atoms with Crippen LogP contribution in [0.3, 0.4) is 0 Å². The van der Waals surface area contributed by atoms with Gasteiger partial charge in [-0.2, -0.15) is 0 Å². The van der Waals surface area contributed by atoms with Gasteiger partial charge in [0.15, 0.2) is 0 Å². The van der Waals surface area contributed by atoms with Crippen LogP contribution in [-0.2, 0) is 20.9 Å². The molecule has 2 saturated heterocycles. The lowest BCUT2D eigenvalue weighted by Gasteiger charge is -2.64. The summed E-state index contributed by atoms with van der Waals surface area (Å²) in [7, 11) is 0. The standard InChI is InChI=1S/C22H25N3O3/c1-3-4-10-23-17(2)24-12-19(26)25(11-18-8-6-5-7-9-18)22(20(24)27)13-21(14-22)15-28-16-21/h3-10H,1,11-16H2,2H3/b10-4-,23-17+. The lowest BCUT2D eigenvalue weighted by Crippen LogP contribution is -2.77. The predicted molar refractivity (Wildman–Crippen MR) is 106 cm³/mol. The van der Waals surface area contributed by atoms with Crippen molar-refractivity contribution in [1.82, 2.24) is 9.80 Å². The van der Waals surface area contributed by atoms with Crippen molar-refractivity contribution in [3.63, 3.8) is 0 Å². The molecule has 2 spiro atoms.